The third-order valence-corrected chi connectivity index (χ3v) is 3.10. The number of rotatable bonds is 7. The Kier molecular flexibility index (Phi) is 6.29. The minimum Gasteiger partial charge on any atom is -0.468 e. The minimum absolute atomic E-state index is 0.248. The van der Waals surface area contributed by atoms with Crippen LogP contribution in [0.15, 0.2) is 24.3 Å². The molecular formula is C14H21FN2O2. The van der Waals surface area contributed by atoms with Crippen LogP contribution in [0.25, 0.3) is 0 Å². The lowest BCUT2D eigenvalue weighted by atomic mass is 10.2. The second kappa shape index (κ2) is 7.74. The number of halogens is 1. The number of carbonyl (C=O) groups is 1. The van der Waals surface area contributed by atoms with E-state index >= 15 is 0 Å². The summed E-state index contributed by atoms with van der Waals surface area (Å²) in [6.45, 7) is 3.52. The van der Waals surface area contributed by atoms with Gasteiger partial charge in [0.2, 0.25) is 0 Å². The molecule has 1 N–H and O–H groups in total. The van der Waals surface area contributed by atoms with Crippen molar-refractivity contribution in [1.82, 2.24) is 5.32 Å². The molecule has 0 aliphatic rings. The van der Waals surface area contributed by atoms with E-state index in [1.54, 1.807) is 19.2 Å². The summed E-state index contributed by atoms with van der Waals surface area (Å²) in [6, 6.07) is 6.04. The summed E-state index contributed by atoms with van der Waals surface area (Å²) in [5, 5.41) is 2.93. The average molecular weight is 268 g/mol. The maximum atomic E-state index is 12.9. The van der Waals surface area contributed by atoms with Gasteiger partial charge in [-0.05, 0) is 44.7 Å². The normalized spacial score (nSPS) is 12.0. The summed E-state index contributed by atoms with van der Waals surface area (Å²) >= 11 is 0. The highest BCUT2D eigenvalue weighted by Gasteiger charge is 2.17. The van der Waals surface area contributed by atoms with Crippen LogP contribution in [0.5, 0.6) is 0 Å². The highest BCUT2D eigenvalue weighted by Crippen LogP contribution is 2.15. The quantitative estimate of drug-likeness (QED) is 0.766. The highest BCUT2D eigenvalue weighted by molar-refractivity contribution is 5.75. The molecule has 1 aromatic carbocycles. The third kappa shape index (κ3) is 4.52. The zero-order valence-corrected chi connectivity index (χ0v) is 11.6. The van der Waals surface area contributed by atoms with Crippen molar-refractivity contribution in [3.05, 3.63) is 30.1 Å². The Hall–Kier alpha value is -1.62. The van der Waals surface area contributed by atoms with E-state index in [4.69, 9.17) is 4.74 Å². The number of anilines is 1. The number of ether oxygens (including phenoxy) is 1. The lowest BCUT2D eigenvalue weighted by Gasteiger charge is -2.25. The number of nitrogens with one attached hydrogen (secondary N) is 1. The molecule has 0 saturated carbocycles. The number of methoxy groups -OCH3 is 1. The van der Waals surface area contributed by atoms with Crippen LogP contribution >= 0.6 is 0 Å². The molecule has 0 aliphatic heterocycles. The Morgan fingerprint density at radius 2 is 2.05 bits per heavy atom. The molecular weight excluding hydrogens is 247 g/mol. The molecule has 0 heterocycles. The van der Waals surface area contributed by atoms with Crippen LogP contribution in [-0.4, -0.2) is 39.3 Å². The third-order valence-electron chi connectivity index (χ3n) is 3.10. The molecule has 1 unspecified atom stereocenters. The molecule has 1 aromatic rings. The summed E-state index contributed by atoms with van der Waals surface area (Å²) in [5.74, 6) is -0.514. The van der Waals surface area contributed by atoms with Gasteiger partial charge >= 0.3 is 5.97 Å². The first-order chi connectivity index (χ1) is 9.12. The van der Waals surface area contributed by atoms with E-state index in [2.05, 4.69) is 10.2 Å². The highest BCUT2D eigenvalue weighted by atomic mass is 19.1. The van der Waals surface area contributed by atoms with Gasteiger partial charge in [-0.25, -0.2) is 4.39 Å². The SMILES string of the molecule is CCN(CCC(NC)C(=O)OC)c1ccc(F)cc1. The van der Waals surface area contributed by atoms with Gasteiger partial charge in [0, 0.05) is 18.8 Å². The fourth-order valence-electron chi connectivity index (χ4n) is 1.93. The van der Waals surface area contributed by atoms with Crippen LogP contribution in [-0.2, 0) is 9.53 Å². The van der Waals surface area contributed by atoms with E-state index in [9.17, 15) is 9.18 Å². The van der Waals surface area contributed by atoms with E-state index < -0.39 is 0 Å². The van der Waals surface area contributed by atoms with Gasteiger partial charge in [-0.15, -0.1) is 0 Å². The first-order valence-corrected chi connectivity index (χ1v) is 6.38. The molecule has 5 heteroatoms. The molecule has 0 aromatic heterocycles. The van der Waals surface area contributed by atoms with Crippen LogP contribution in [0.1, 0.15) is 13.3 Å². The standard InChI is InChI=1S/C14H21FN2O2/c1-4-17(12-7-5-11(15)6-8-12)10-9-13(16-2)14(18)19-3/h5-8,13,16H,4,9-10H2,1-3H3. The maximum absolute atomic E-state index is 12.9. The van der Waals surface area contributed by atoms with E-state index in [-0.39, 0.29) is 17.8 Å². The number of benzene rings is 1. The summed E-state index contributed by atoms with van der Waals surface area (Å²) in [5.41, 5.74) is 0.948. The van der Waals surface area contributed by atoms with Crippen molar-refractivity contribution in [2.75, 3.05) is 32.1 Å². The molecule has 1 rings (SSSR count). The predicted octanol–water partition coefficient (Wildman–Crippen LogP) is 1.80. The van der Waals surface area contributed by atoms with Crippen molar-refractivity contribution in [3.63, 3.8) is 0 Å². The van der Waals surface area contributed by atoms with Crippen LogP contribution < -0.4 is 10.2 Å². The minimum atomic E-state index is -0.320. The summed E-state index contributed by atoms with van der Waals surface area (Å²) < 4.78 is 17.6. The molecule has 0 saturated heterocycles. The predicted molar refractivity (Wildman–Crippen MR) is 73.8 cm³/mol. The van der Waals surface area contributed by atoms with Crippen molar-refractivity contribution in [1.29, 1.82) is 0 Å². The van der Waals surface area contributed by atoms with Gasteiger partial charge in [0.15, 0.2) is 0 Å². The summed E-state index contributed by atoms with van der Waals surface area (Å²) in [7, 11) is 3.11. The molecule has 0 spiro atoms. The van der Waals surface area contributed by atoms with Gasteiger partial charge in [-0.1, -0.05) is 0 Å². The fourth-order valence-corrected chi connectivity index (χ4v) is 1.93. The van der Waals surface area contributed by atoms with Gasteiger partial charge in [0.25, 0.3) is 0 Å². The van der Waals surface area contributed by atoms with Gasteiger partial charge in [0.05, 0.1) is 7.11 Å². The molecule has 106 valence electrons. The smallest absolute Gasteiger partial charge is 0.322 e. The van der Waals surface area contributed by atoms with Crippen LogP contribution in [0, 0.1) is 5.82 Å². The zero-order valence-electron chi connectivity index (χ0n) is 11.6. The van der Waals surface area contributed by atoms with Crippen LogP contribution in [0.4, 0.5) is 10.1 Å². The molecule has 0 amide bonds. The molecule has 0 bridgehead atoms. The van der Waals surface area contributed by atoms with Crippen molar-refractivity contribution in [3.8, 4) is 0 Å². The summed E-state index contributed by atoms with van der Waals surface area (Å²) in [6.07, 6.45) is 0.633. The lowest BCUT2D eigenvalue weighted by Crippen LogP contribution is -2.38. The Labute approximate surface area is 113 Å². The van der Waals surface area contributed by atoms with Crippen molar-refractivity contribution >= 4 is 11.7 Å². The monoisotopic (exact) mass is 268 g/mol. The molecule has 19 heavy (non-hydrogen) atoms. The van der Waals surface area contributed by atoms with Crippen LogP contribution in [0.3, 0.4) is 0 Å². The van der Waals surface area contributed by atoms with Gasteiger partial charge in [-0.3, -0.25) is 4.79 Å². The Morgan fingerprint density at radius 1 is 1.42 bits per heavy atom. The fraction of sp³-hybridized carbons (Fsp3) is 0.500. The van der Waals surface area contributed by atoms with Gasteiger partial charge < -0.3 is 15.0 Å². The summed E-state index contributed by atoms with van der Waals surface area (Å²) in [4.78, 5) is 13.6. The Balaban J connectivity index is 2.62. The Morgan fingerprint density at radius 3 is 2.53 bits per heavy atom. The number of hydrogen-bond acceptors (Lipinski definition) is 4. The molecule has 0 radical (unpaired) electrons. The van der Waals surface area contributed by atoms with E-state index in [1.165, 1.54) is 19.2 Å². The number of carbonyl (C=O) groups excluding carboxylic acids is 1. The number of esters is 1. The van der Waals surface area contributed by atoms with Crippen LogP contribution in [0.2, 0.25) is 0 Å². The second-order valence-electron chi connectivity index (χ2n) is 4.21. The van der Waals surface area contributed by atoms with E-state index in [0.717, 1.165) is 12.2 Å². The van der Waals surface area contributed by atoms with Crippen molar-refractivity contribution in [2.45, 2.75) is 19.4 Å². The van der Waals surface area contributed by atoms with Gasteiger partial charge in [0.1, 0.15) is 11.9 Å². The van der Waals surface area contributed by atoms with E-state index in [0.29, 0.717) is 13.0 Å². The van der Waals surface area contributed by atoms with Crippen molar-refractivity contribution < 1.29 is 13.9 Å². The lowest BCUT2D eigenvalue weighted by molar-refractivity contribution is -0.143. The topological polar surface area (TPSA) is 41.6 Å². The van der Waals surface area contributed by atoms with Crippen molar-refractivity contribution in [2.24, 2.45) is 0 Å². The van der Waals surface area contributed by atoms with E-state index in [1.807, 2.05) is 6.92 Å². The first-order valence-electron chi connectivity index (χ1n) is 6.38. The number of nitrogens with zero attached hydrogens (tertiary/aromatic N) is 1. The average Bonchev–Trinajstić information content (AvgIpc) is 2.44. The largest absolute Gasteiger partial charge is 0.468 e. The first kappa shape index (κ1) is 15.4. The molecule has 0 aliphatic carbocycles. The Bertz CT molecular complexity index is 395. The number of hydrogen-bond donors (Lipinski definition) is 1. The number of likely N-dealkylation sites (N-methyl/N-ethyl adjacent to an activating group) is 1. The maximum Gasteiger partial charge on any atom is 0.322 e. The molecule has 1 atom stereocenters. The zero-order chi connectivity index (χ0) is 14.3. The molecule has 0 fully saturated rings. The second-order valence-corrected chi connectivity index (χ2v) is 4.21. The molecule has 4 nitrogen and oxygen atoms in total. The van der Waals surface area contributed by atoms with Gasteiger partial charge in [-0.2, -0.15) is 0 Å².